The van der Waals surface area contributed by atoms with Crippen molar-refractivity contribution in [3.63, 3.8) is 0 Å². The summed E-state index contributed by atoms with van der Waals surface area (Å²) in [5.41, 5.74) is 0.331. The van der Waals surface area contributed by atoms with Crippen LogP contribution in [0.2, 0.25) is 0 Å². The zero-order valence-electron chi connectivity index (χ0n) is 17.7. The van der Waals surface area contributed by atoms with E-state index in [4.69, 9.17) is 10.2 Å². The fourth-order valence-electron chi connectivity index (χ4n) is 3.05. The molecule has 1 aromatic carbocycles. The molecule has 0 unspecified atom stereocenters. The first-order valence-corrected chi connectivity index (χ1v) is 11.1. The quantitative estimate of drug-likeness (QED) is 0.289. The van der Waals surface area contributed by atoms with E-state index in [1.54, 1.807) is 30.3 Å². The van der Waals surface area contributed by atoms with Crippen molar-refractivity contribution in [2.75, 3.05) is 0 Å². The van der Waals surface area contributed by atoms with E-state index in [2.05, 4.69) is 6.92 Å². The first-order chi connectivity index (χ1) is 13.6. The lowest BCUT2D eigenvalue weighted by Gasteiger charge is -2.02. The average Bonchev–Trinajstić information content (AvgIpc) is 2.69. The molecular formula is C24H40O4. The van der Waals surface area contributed by atoms with Gasteiger partial charge in [-0.15, -0.1) is 0 Å². The van der Waals surface area contributed by atoms with Crippen LogP contribution in [0.3, 0.4) is 0 Å². The van der Waals surface area contributed by atoms with E-state index in [0.717, 1.165) is 12.8 Å². The van der Waals surface area contributed by atoms with Crippen LogP contribution >= 0.6 is 0 Å². The Morgan fingerprint density at radius 3 is 1.36 bits per heavy atom. The average molecular weight is 393 g/mol. The van der Waals surface area contributed by atoms with Crippen LogP contribution in [0.15, 0.2) is 30.3 Å². The molecular weight excluding hydrogens is 352 g/mol. The van der Waals surface area contributed by atoms with Gasteiger partial charge in [0, 0.05) is 6.42 Å². The summed E-state index contributed by atoms with van der Waals surface area (Å²) in [7, 11) is 0. The Hall–Kier alpha value is -1.84. The second-order valence-electron chi connectivity index (χ2n) is 7.41. The fourth-order valence-corrected chi connectivity index (χ4v) is 3.05. The van der Waals surface area contributed by atoms with Crippen molar-refractivity contribution in [3.8, 4) is 0 Å². The minimum Gasteiger partial charge on any atom is -0.481 e. The van der Waals surface area contributed by atoms with E-state index < -0.39 is 11.9 Å². The topological polar surface area (TPSA) is 74.6 Å². The molecule has 28 heavy (non-hydrogen) atoms. The third kappa shape index (κ3) is 18.9. The Morgan fingerprint density at radius 2 is 1.04 bits per heavy atom. The van der Waals surface area contributed by atoms with E-state index in [1.807, 2.05) is 0 Å². The van der Waals surface area contributed by atoms with Gasteiger partial charge in [0.05, 0.1) is 5.56 Å². The molecule has 4 nitrogen and oxygen atoms in total. The minimum atomic E-state index is -0.879. The van der Waals surface area contributed by atoms with Crippen LogP contribution in [0.25, 0.3) is 0 Å². The summed E-state index contributed by atoms with van der Waals surface area (Å²) in [4.78, 5) is 20.5. The molecule has 0 aromatic heterocycles. The molecule has 0 amide bonds. The van der Waals surface area contributed by atoms with Gasteiger partial charge in [-0.25, -0.2) is 4.79 Å². The predicted octanol–water partition coefficient (Wildman–Crippen LogP) is 7.33. The van der Waals surface area contributed by atoms with Gasteiger partial charge in [-0.2, -0.15) is 0 Å². The largest absolute Gasteiger partial charge is 0.481 e. The maximum atomic E-state index is 10.3. The van der Waals surface area contributed by atoms with Crippen LogP contribution in [0, 0.1) is 0 Å². The summed E-state index contributed by atoms with van der Waals surface area (Å²) in [6, 6.07) is 8.30. The van der Waals surface area contributed by atoms with Gasteiger partial charge in [0.25, 0.3) is 0 Å². The van der Waals surface area contributed by atoms with Crippen molar-refractivity contribution in [3.05, 3.63) is 35.9 Å². The summed E-state index contributed by atoms with van der Waals surface area (Å²) in [5, 5.41) is 16.9. The van der Waals surface area contributed by atoms with E-state index in [-0.39, 0.29) is 0 Å². The van der Waals surface area contributed by atoms with Gasteiger partial charge in [-0.05, 0) is 18.6 Å². The summed E-state index contributed by atoms with van der Waals surface area (Å²) in [6.07, 6.45) is 18.7. The van der Waals surface area contributed by atoms with Crippen molar-refractivity contribution in [2.24, 2.45) is 0 Å². The highest BCUT2D eigenvalue weighted by Gasteiger charge is 1.97. The molecule has 0 saturated carbocycles. The zero-order valence-corrected chi connectivity index (χ0v) is 17.7. The van der Waals surface area contributed by atoms with Crippen molar-refractivity contribution >= 4 is 11.9 Å². The predicted molar refractivity (Wildman–Crippen MR) is 116 cm³/mol. The normalized spacial score (nSPS) is 10.2. The molecule has 1 aromatic rings. The van der Waals surface area contributed by atoms with Gasteiger partial charge < -0.3 is 10.2 Å². The molecule has 0 bridgehead atoms. The van der Waals surface area contributed by atoms with Crippen molar-refractivity contribution in [1.82, 2.24) is 0 Å². The van der Waals surface area contributed by atoms with Gasteiger partial charge in [-0.3, -0.25) is 4.79 Å². The lowest BCUT2D eigenvalue weighted by atomic mass is 10.0. The second-order valence-corrected chi connectivity index (χ2v) is 7.41. The van der Waals surface area contributed by atoms with Gasteiger partial charge in [-0.1, -0.05) is 109 Å². The Morgan fingerprint density at radius 1 is 0.643 bits per heavy atom. The number of carbonyl (C=O) groups is 2. The number of hydrogen-bond donors (Lipinski definition) is 2. The van der Waals surface area contributed by atoms with E-state index in [0.29, 0.717) is 12.0 Å². The lowest BCUT2D eigenvalue weighted by molar-refractivity contribution is -0.137. The first-order valence-electron chi connectivity index (χ1n) is 11.1. The maximum absolute atomic E-state index is 10.3. The van der Waals surface area contributed by atoms with E-state index in [1.165, 1.54) is 77.0 Å². The number of aliphatic carboxylic acids is 1. The van der Waals surface area contributed by atoms with Gasteiger partial charge in [0.1, 0.15) is 0 Å². The molecule has 0 saturated heterocycles. The molecule has 160 valence electrons. The van der Waals surface area contributed by atoms with Gasteiger partial charge >= 0.3 is 11.9 Å². The number of benzene rings is 1. The SMILES string of the molecule is CCCCCCCCCCCCCCCCC(=O)O.O=C(O)c1ccccc1. The number of carboxylic acids is 2. The molecule has 0 heterocycles. The first kappa shape index (κ1) is 26.2. The molecule has 0 atom stereocenters. The minimum absolute atomic E-state index is 0.331. The molecule has 0 aliphatic rings. The molecule has 0 spiro atoms. The van der Waals surface area contributed by atoms with Crippen LogP contribution < -0.4 is 0 Å². The summed E-state index contributed by atoms with van der Waals surface area (Å²) in [5.74, 6) is -1.53. The Balaban J connectivity index is 0.000000668. The molecule has 0 aliphatic heterocycles. The number of unbranched alkanes of at least 4 members (excludes halogenated alkanes) is 13. The van der Waals surface area contributed by atoms with Gasteiger partial charge in [0.15, 0.2) is 0 Å². The van der Waals surface area contributed by atoms with E-state index in [9.17, 15) is 9.59 Å². The fraction of sp³-hybridized carbons (Fsp3) is 0.667. The lowest BCUT2D eigenvalue weighted by Crippen LogP contribution is -1.93. The smallest absolute Gasteiger partial charge is 0.335 e. The Kier molecular flexibility index (Phi) is 18.6. The molecule has 2 N–H and O–H groups in total. The van der Waals surface area contributed by atoms with Crippen molar-refractivity contribution < 1.29 is 19.8 Å². The standard InChI is InChI=1S/C17H34O2.C7H6O2/c1-2-3-4-5-6-7-8-9-10-11-12-13-14-15-16-17(18)19;8-7(9)6-4-2-1-3-5-6/h2-16H2,1H3,(H,18,19);1-5H,(H,8,9). The number of aromatic carboxylic acids is 1. The summed E-state index contributed by atoms with van der Waals surface area (Å²) < 4.78 is 0. The van der Waals surface area contributed by atoms with Crippen molar-refractivity contribution in [2.45, 2.75) is 103 Å². The number of rotatable bonds is 16. The molecule has 4 heteroatoms. The van der Waals surface area contributed by atoms with Crippen molar-refractivity contribution in [1.29, 1.82) is 0 Å². The molecule has 1 rings (SSSR count). The third-order valence-electron chi connectivity index (χ3n) is 4.76. The zero-order chi connectivity index (χ0) is 20.9. The summed E-state index contributed by atoms with van der Waals surface area (Å²) in [6.45, 7) is 2.27. The molecule has 0 radical (unpaired) electrons. The van der Waals surface area contributed by atoms with Gasteiger partial charge in [0.2, 0.25) is 0 Å². The Labute approximate surface area is 171 Å². The van der Waals surface area contributed by atoms with Crippen LogP contribution in [0.1, 0.15) is 114 Å². The third-order valence-corrected chi connectivity index (χ3v) is 4.76. The molecule has 0 aliphatic carbocycles. The van der Waals surface area contributed by atoms with Crippen LogP contribution in [0.4, 0.5) is 0 Å². The van der Waals surface area contributed by atoms with E-state index >= 15 is 0 Å². The second kappa shape index (κ2) is 19.9. The van der Waals surface area contributed by atoms with Crippen LogP contribution in [-0.4, -0.2) is 22.2 Å². The maximum Gasteiger partial charge on any atom is 0.335 e. The number of carboxylic acid groups (broad SMARTS) is 2. The molecule has 0 fully saturated rings. The highest BCUT2D eigenvalue weighted by atomic mass is 16.4. The summed E-state index contributed by atoms with van der Waals surface area (Å²) >= 11 is 0. The number of hydrogen-bond acceptors (Lipinski definition) is 2. The van der Waals surface area contributed by atoms with Crippen LogP contribution in [-0.2, 0) is 4.79 Å². The monoisotopic (exact) mass is 392 g/mol. The highest BCUT2D eigenvalue weighted by Crippen LogP contribution is 2.13. The highest BCUT2D eigenvalue weighted by molar-refractivity contribution is 5.87. The Bertz CT molecular complexity index is 485. The van der Waals surface area contributed by atoms with Crippen LogP contribution in [0.5, 0.6) is 0 Å².